The first-order chi connectivity index (χ1) is 23.5. The summed E-state index contributed by atoms with van der Waals surface area (Å²) in [5.74, 6) is 1.54. The van der Waals surface area contributed by atoms with Crippen molar-refractivity contribution in [2.75, 3.05) is 0 Å². The van der Waals surface area contributed by atoms with Gasteiger partial charge in [-0.2, -0.15) is 0 Å². The number of hydrogen-bond donors (Lipinski definition) is 1. The molecule has 0 saturated heterocycles. The Hall–Kier alpha value is -2.13. The third kappa shape index (κ3) is 13.5. The summed E-state index contributed by atoms with van der Waals surface area (Å²) in [7, 11) is 0. The highest BCUT2D eigenvalue weighted by atomic mass is 16.7. The van der Waals surface area contributed by atoms with Gasteiger partial charge in [-0.15, -0.1) is 0 Å². The van der Waals surface area contributed by atoms with E-state index in [2.05, 4.69) is 96.7 Å². The summed E-state index contributed by atoms with van der Waals surface area (Å²) >= 11 is 0. The SMILES string of the molecule is C=C1CC[C@](O)(OC(=O)CCCCCCC/C=C\C/C=C\CCCCC)C/C1=C/C=C1\CCC[C@]2(C)[C@@H]([C@H](C)/C=C/[C@H](C)C(C)C)CC[C@@H]12. The summed E-state index contributed by atoms with van der Waals surface area (Å²) in [6, 6.07) is 0. The molecule has 1 N–H and O–H groups in total. The van der Waals surface area contributed by atoms with E-state index in [1.165, 1.54) is 64.2 Å². The quantitative estimate of drug-likeness (QED) is 0.0605. The first-order valence-corrected chi connectivity index (χ1v) is 20.5. The van der Waals surface area contributed by atoms with Crippen molar-refractivity contribution in [3.63, 3.8) is 0 Å². The van der Waals surface area contributed by atoms with E-state index in [-0.39, 0.29) is 5.97 Å². The maximum Gasteiger partial charge on any atom is 0.308 e. The van der Waals surface area contributed by atoms with Crippen LogP contribution in [0.5, 0.6) is 0 Å². The van der Waals surface area contributed by atoms with Gasteiger partial charge in [0.2, 0.25) is 5.79 Å². The highest BCUT2D eigenvalue weighted by Crippen LogP contribution is 2.59. The van der Waals surface area contributed by atoms with Gasteiger partial charge in [-0.25, -0.2) is 0 Å². The lowest BCUT2D eigenvalue weighted by atomic mass is 9.61. The number of ether oxygens (including phenoxy) is 1. The monoisotopic (exact) mass is 675 g/mol. The van der Waals surface area contributed by atoms with Gasteiger partial charge >= 0.3 is 5.97 Å². The minimum absolute atomic E-state index is 0.274. The van der Waals surface area contributed by atoms with Crippen molar-refractivity contribution >= 4 is 5.97 Å². The molecule has 3 nitrogen and oxygen atoms in total. The second-order valence-electron chi connectivity index (χ2n) is 16.6. The lowest BCUT2D eigenvalue weighted by molar-refractivity contribution is -0.213. The standard InChI is InChI=1S/C46H74O3/c1-8-9-10-11-12-13-14-15-16-17-18-19-20-21-22-25-44(47)49-46(48)34-32-38(5)41(35-46)29-28-40-24-23-33-45(7)42(30-31-43(40)45)39(6)27-26-37(4)36(2)3/h12-13,15-16,26-29,36-37,39,42-43,48H,5,8-11,14,17-25,30-35H2,1-4,6-7H3/b13-12-,16-15-,27-26+,40-28+,41-29-/t37-,39+,42+,43-,45+,46-/m0/s1. The molecule has 0 spiro atoms. The van der Waals surface area contributed by atoms with Gasteiger partial charge in [0.05, 0.1) is 0 Å². The predicted molar refractivity (Wildman–Crippen MR) is 210 cm³/mol. The molecule has 3 aliphatic rings. The average Bonchev–Trinajstić information content (AvgIpc) is 3.43. The van der Waals surface area contributed by atoms with Crippen LogP contribution in [0.3, 0.4) is 0 Å². The molecular weight excluding hydrogens is 601 g/mol. The second kappa shape index (κ2) is 21.3. The Morgan fingerprint density at radius 3 is 2.31 bits per heavy atom. The smallest absolute Gasteiger partial charge is 0.308 e. The fourth-order valence-electron chi connectivity index (χ4n) is 8.68. The topological polar surface area (TPSA) is 46.5 Å². The van der Waals surface area contributed by atoms with Crippen LogP contribution in [-0.2, 0) is 9.53 Å². The Kier molecular flexibility index (Phi) is 17.9. The number of unbranched alkanes of at least 4 members (excludes halogenated alkanes) is 8. The number of allylic oxidation sites excluding steroid dienone is 10. The number of carbonyl (C=O) groups is 1. The number of fused-ring (bicyclic) bond motifs is 1. The Balaban J connectivity index is 1.42. The molecule has 0 radical (unpaired) electrons. The highest BCUT2D eigenvalue weighted by Gasteiger charge is 2.50. The van der Waals surface area contributed by atoms with Crippen LogP contribution in [0.15, 0.2) is 71.9 Å². The molecule has 276 valence electrons. The maximum absolute atomic E-state index is 12.8. The molecule has 0 amide bonds. The molecular formula is C46H74O3. The van der Waals surface area contributed by atoms with Crippen molar-refractivity contribution in [3.8, 4) is 0 Å². The molecule has 3 heteroatoms. The van der Waals surface area contributed by atoms with Gasteiger partial charge < -0.3 is 9.84 Å². The van der Waals surface area contributed by atoms with E-state index >= 15 is 0 Å². The molecule has 3 saturated carbocycles. The van der Waals surface area contributed by atoms with E-state index in [4.69, 9.17) is 4.74 Å². The van der Waals surface area contributed by atoms with Crippen LogP contribution in [0.4, 0.5) is 0 Å². The van der Waals surface area contributed by atoms with Gasteiger partial charge in [0.1, 0.15) is 0 Å². The van der Waals surface area contributed by atoms with E-state index in [0.29, 0.717) is 54.8 Å². The molecule has 49 heavy (non-hydrogen) atoms. The molecule has 0 aliphatic heterocycles. The summed E-state index contributed by atoms with van der Waals surface area (Å²) in [6.07, 6.45) is 39.4. The highest BCUT2D eigenvalue weighted by molar-refractivity contribution is 5.69. The summed E-state index contributed by atoms with van der Waals surface area (Å²) in [5.41, 5.74) is 4.00. The summed E-state index contributed by atoms with van der Waals surface area (Å²) in [6.45, 7) is 18.5. The van der Waals surface area contributed by atoms with Crippen LogP contribution < -0.4 is 0 Å². The first kappa shape index (κ1) is 41.3. The van der Waals surface area contributed by atoms with Crippen molar-refractivity contribution < 1.29 is 14.6 Å². The Bertz CT molecular complexity index is 1170. The third-order valence-electron chi connectivity index (χ3n) is 12.3. The lowest BCUT2D eigenvalue weighted by Gasteiger charge is -2.44. The van der Waals surface area contributed by atoms with Gasteiger partial charge in [-0.3, -0.25) is 4.79 Å². The van der Waals surface area contributed by atoms with E-state index in [0.717, 1.165) is 55.6 Å². The van der Waals surface area contributed by atoms with E-state index in [1.807, 2.05) is 0 Å². The van der Waals surface area contributed by atoms with Gasteiger partial charge in [0.25, 0.3) is 0 Å². The molecule has 3 fully saturated rings. The minimum atomic E-state index is -1.42. The van der Waals surface area contributed by atoms with Crippen molar-refractivity contribution in [2.45, 2.75) is 176 Å². The van der Waals surface area contributed by atoms with Gasteiger partial charge in [0.15, 0.2) is 0 Å². The van der Waals surface area contributed by atoms with Crippen molar-refractivity contribution in [1.29, 1.82) is 0 Å². The number of aliphatic hydroxyl groups is 1. The van der Waals surface area contributed by atoms with Crippen LogP contribution in [0.1, 0.15) is 170 Å². The zero-order chi connectivity index (χ0) is 35.7. The Morgan fingerprint density at radius 1 is 0.898 bits per heavy atom. The molecule has 0 heterocycles. The summed E-state index contributed by atoms with van der Waals surface area (Å²) < 4.78 is 5.74. The van der Waals surface area contributed by atoms with Crippen LogP contribution >= 0.6 is 0 Å². The molecule has 6 atom stereocenters. The predicted octanol–water partition coefficient (Wildman–Crippen LogP) is 13.3. The van der Waals surface area contributed by atoms with Crippen molar-refractivity contribution in [3.05, 3.63) is 71.9 Å². The minimum Gasteiger partial charge on any atom is -0.433 e. The van der Waals surface area contributed by atoms with Gasteiger partial charge in [-0.05, 0) is 118 Å². The van der Waals surface area contributed by atoms with Gasteiger partial charge in [0, 0.05) is 19.3 Å². The average molecular weight is 675 g/mol. The van der Waals surface area contributed by atoms with E-state index in [1.54, 1.807) is 5.57 Å². The molecule has 0 bridgehead atoms. The number of rotatable bonds is 20. The third-order valence-corrected chi connectivity index (χ3v) is 12.3. The molecule has 0 aromatic carbocycles. The second-order valence-corrected chi connectivity index (χ2v) is 16.6. The number of hydrogen-bond acceptors (Lipinski definition) is 3. The number of esters is 1. The van der Waals surface area contributed by atoms with Crippen molar-refractivity contribution in [2.24, 2.45) is 35.0 Å². The molecule has 0 aromatic heterocycles. The molecule has 3 aliphatic carbocycles. The summed E-state index contributed by atoms with van der Waals surface area (Å²) in [5, 5.41) is 11.3. The van der Waals surface area contributed by atoms with E-state index in [9.17, 15) is 9.90 Å². The lowest BCUT2D eigenvalue weighted by Crippen LogP contribution is -2.38. The maximum atomic E-state index is 12.8. The van der Waals surface area contributed by atoms with Crippen LogP contribution in [0, 0.1) is 35.0 Å². The van der Waals surface area contributed by atoms with Crippen LogP contribution in [0.25, 0.3) is 0 Å². The molecule has 0 aromatic rings. The van der Waals surface area contributed by atoms with Crippen LogP contribution in [-0.4, -0.2) is 16.9 Å². The van der Waals surface area contributed by atoms with E-state index < -0.39 is 5.79 Å². The summed E-state index contributed by atoms with van der Waals surface area (Å²) in [4.78, 5) is 12.8. The largest absolute Gasteiger partial charge is 0.433 e. The zero-order valence-corrected chi connectivity index (χ0v) is 32.6. The molecule has 0 unspecified atom stereocenters. The molecule has 3 rings (SSSR count). The Morgan fingerprint density at radius 2 is 1.59 bits per heavy atom. The normalized spacial score (nSPS) is 29.2. The van der Waals surface area contributed by atoms with Crippen molar-refractivity contribution in [1.82, 2.24) is 0 Å². The number of carbonyl (C=O) groups excluding carboxylic acids is 1. The first-order valence-electron chi connectivity index (χ1n) is 20.5. The fraction of sp³-hybridized carbons (Fsp3) is 0.717. The Labute approximate surface area is 302 Å². The fourth-order valence-corrected chi connectivity index (χ4v) is 8.68. The zero-order valence-electron chi connectivity index (χ0n) is 32.6. The van der Waals surface area contributed by atoms with Crippen LogP contribution in [0.2, 0.25) is 0 Å². The van der Waals surface area contributed by atoms with Gasteiger partial charge in [-0.1, -0.05) is 140 Å².